The van der Waals surface area contributed by atoms with Crippen molar-refractivity contribution in [3.8, 4) is 5.75 Å². The molecule has 0 radical (unpaired) electrons. The minimum atomic E-state index is -3.58. The molecule has 22 heavy (non-hydrogen) atoms. The number of sulfonamides is 1. The van der Waals surface area contributed by atoms with Gasteiger partial charge in [0, 0.05) is 12.6 Å². The predicted molar refractivity (Wildman–Crippen MR) is 86.2 cm³/mol. The summed E-state index contributed by atoms with van der Waals surface area (Å²) >= 11 is 0. The van der Waals surface area contributed by atoms with Gasteiger partial charge in [-0.15, -0.1) is 0 Å². The molecule has 2 aromatic carbocycles. The Bertz CT molecular complexity index is 685. The summed E-state index contributed by atoms with van der Waals surface area (Å²) in [6, 6.07) is 15.3. The minimum absolute atomic E-state index is 0.138. The lowest BCUT2D eigenvalue weighted by molar-refractivity contribution is 0.340. The van der Waals surface area contributed by atoms with Crippen LogP contribution in [-0.4, -0.2) is 21.6 Å². The summed E-state index contributed by atoms with van der Waals surface area (Å²) in [5, 5.41) is 0. The molecule has 2 aromatic rings. The molecule has 0 aliphatic heterocycles. The predicted octanol–water partition coefficient (Wildman–Crippen LogP) is 2.06. The first-order valence-corrected chi connectivity index (χ1v) is 8.54. The normalized spacial score (nSPS) is 12.8. The van der Waals surface area contributed by atoms with Crippen LogP contribution in [0.5, 0.6) is 5.75 Å². The van der Waals surface area contributed by atoms with Crippen LogP contribution in [0.4, 0.5) is 0 Å². The molecule has 6 heteroatoms. The lowest BCUT2D eigenvalue weighted by Gasteiger charge is -2.13. The monoisotopic (exact) mass is 320 g/mol. The zero-order valence-electron chi connectivity index (χ0n) is 12.4. The third-order valence-corrected chi connectivity index (χ3v) is 4.61. The van der Waals surface area contributed by atoms with Crippen molar-refractivity contribution in [1.82, 2.24) is 4.72 Å². The fourth-order valence-electron chi connectivity index (χ4n) is 1.98. The summed E-state index contributed by atoms with van der Waals surface area (Å²) in [7, 11) is -3.58. The standard InChI is InChI=1S/C16H20N2O3S/c1-2-21-14-8-10-15(11-9-14)22(19,20)18-12-16(17)13-6-4-3-5-7-13/h3-11,16,18H,2,12,17H2,1H3. The zero-order chi connectivity index (χ0) is 16.0. The lowest BCUT2D eigenvalue weighted by atomic mass is 10.1. The van der Waals surface area contributed by atoms with Crippen LogP contribution in [-0.2, 0) is 10.0 Å². The molecule has 0 fully saturated rings. The van der Waals surface area contributed by atoms with Crippen molar-refractivity contribution in [3.05, 3.63) is 60.2 Å². The number of ether oxygens (including phenoxy) is 1. The van der Waals surface area contributed by atoms with E-state index in [4.69, 9.17) is 10.5 Å². The zero-order valence-corrected chi connectivity index (χ0v) is 13.2. The molecule has 0 aliphatic rings. The van der Waals surface area contributed by atoms with Crippen LogP contribution < -0.4 is 15.2 Å². The first kappa shape index (κ1) is 16.5. The lowest BCUT2D eigenvalue weighted by Crippen LogP contribution is -2.31. The van der Waals surface area contributed by atoms with Crippen molar-refractivity contribution in [3.63, 3.8) is 0 Å². The highest BCUT2D eigenvalue weighted by Crippen LogP contribution is 2.16. The Balaban J connectivity index is 2.01. The Morgan fingerprint density at radius 1 is 1.09 bits per heavy atom. The molecule has 0 spiro atoms. The van der Waals surface area contributed by atoms with Crippen LogP contribution in [0, 0.1) is 0 Å². The van der Waals surface area contributed by atoms with Gasteiger partial charge < -0.3 is 10.5 Å². The summed E-state index contributed by atoms with van der Waals surface area (Å²) < 4.78 is 32.3. The Hall–Kier alpha value is -1.89. The fraction of sp³-hybridized carbons (Fsp3) is 0.250. The van der Waals surface area contributed by atoms with E-state index < -0.39 is 16.1 Å². The summed E-state index contributed by atoms with van der Waals surface area (Å²) in [5.74, 6) is 0.641. The largest absolute Gasteiger partial charge is 0.494 e. The maximum atomic E-state index is 12.2. The molecule has 0 saturated carbocycles. The van der Waals surface area contributed by atoms with Gasteiger partial charge in [0.25, 0.3) is 0 Å². The Labute approximate surface area is 131 Å². The van der Waals surface area contributed by atoms with Gasteiger partial charge >= 0.3 is 0 Å². The molecular weight excluding hydrogens is 300 g/mol. The highest BCUT2D eigenvalue weighted by atomic mass is 32.2. The van der Waals surface area contributed by atoms with E-state index in [-0.39, 0.29) is 11.4 Å². The van der Waals surface area contributed by atoms with E-state index in [0.29, 0.717) is 12.4 Å². The molecule has 5 nitrogen and oxygen atoms in total. The van der Waals surface area contributed by atoms with Crippen molar-refractivity contribution >= 4 is 10.0 Å². The Morgan fingerprint density at radius 3 is 2.32 bits per heavy atom. The number of nitrogens with one attached hydrogen (secondary N) is 1. The van der Waals surface area contributed by atoms with E-state index in [9.17, 15) is 8.42 Å². The van der Waals surface area contributed by atoms with Gasteiger partial charge in [0.1, 0.15) is 5.75 Å². The van der Waals surface area contributed by atoms with Gasteiger partial charge in [0.05, 0.1) is 11.5 Å². The van der Waals surface area contributed by atoms with Crippen molar-refractivity contribution < 1.29 is 13.2 Å². The van der Waals surface area contributed by atoms with E-state index in [1.807, 2.05) is 37.3 Å². The molecule has 0 aliphatic carbocycles. The number of rotatable bonds is 7. The first-order chi connectivity index (χ1) is 10.5. The van der Waals surface area contributed by atoms with Crippen LogP contribution in [0.25, 0.3) is 0 Å². The molecule has 2 rings (SSSR count). The third-order valence-electron chi connectivity index (χ3n) is 3.17. The molecule has 0 aromatic heterocycles. The van der Waals surface area contributed by atoms with Crippen molar-refractivity contribution in [2.45, 2.75) is 17.9 Å². The van der Waals surface area contributed by atoms with Gasteiger partial charge in [-0.1, -0.05) is 30.3 Å². The molecule has 0 bridgehead atoms. The van der Waals surface area contributed by atoms with Crippen LogP contribution in [0.3, 0.4) is 0 Å². The third kappa shape index (κ3) is 4.30. The molecular formula is C16H20N2O3S. The minimum Gasteiger partial charge on any atom is -0.494 e. The second kappa shape index (κ2) is 7.40. The highest BCUT2D eigenvalue weighted by Gasteiger charge is 2.16. The summed E-state index contributed by atoms with van der Waals surface area (Å²) in [6.07, 6.45) is 0. The first-order valence-electron chi connectivity index (χ1n) is 7.06. The number of benzene rings is 2. The second-order valence-electron chi connectivity index (χ2n) is 4.77. The summed E-state index contributed by atoms with van der Waals surface area (Å²) in [4.78, 5) is 0.191. The van der Waals surface area contributed by atoms with E-state index in [1.165, 1.54) is 12.1 Å². The quantitative estimate of drug-likeness (QED) is 0.818. The number of nitrogens with two attached hydrogens (primary N) is 1. The van der Waals surface area contributed by atoms with Crippen molar-refractivity contribution in [2.75, 3.05) is 13.2 Å². The smallest absolute Gasteiger partial charge is 0.240 e. The van der Waals surface area contributed by atoms with Crippen molar-refractivity contribution in [1.29, 1.82) is 0 Å². The number of hydrogen-bond donors (Lipinski definition) is 2. The molecule has 118 valence electrons. The van der Waals surface area contributed by atoms with E-state index in [1.54, 1.807) is 12.1 Å². The van der Waals surface area contributed by atoms with E-state index in [0.717, 1.165) is 5.56 Å². The van der Waals surface area contributed by atoms with Gasteiger partial charge in [-0.05, 0) is 36.8 Å². The molecule has 1 unspecified atom stereocenters. The topological polar surface area (TPSA) is 81.4 Å². The SMILES string of the molecule is CCOc1ccc(S(=O)(=O)NCC(N)c2ccccc2)cc1. The highest BCUT2D eigenvalue weighted by molar-refractivity contribution is 7.89. The number of hydrogen-bond acceptors (Lipinski definition) is 4. The van der Waals surface area contributed by atoms with Gasteiger partial charge in [0.2, 0.25) is 10.0 Å². The molecule has 3 N–H and O–H groups in total. The Morgan fingerprint density at radius 2 is 1.73 bits per heavy atom. The Kier molecular flexibility index (Phi) is 5.54. The van der Waals surface area contributed by atoms with Crippen LogP contribution in [0.2, 0.25) is 0 Å². The van der Waals surface area contributed by atoms with E-state index >= 15 is 0 Å². The maximum Gasteiger partial charge on any atom is 0.240 e. The van der Waals surface area contributed by atoms with Gasteiger partial charge in [0.15, 0.2) is 0 Å². The average Bonchev–Trinajstić information content (AvgIpc) is 2.54. The van der Waals surface area contributed by atoms with E-state index in [2.05, 4.69) is 4.72 Å². The molecule has 1 atom stereocenters. The summed E-state index contributed by atoms with van der Waals surface area (Å²) in [5.41, 5.74) is 6.88. The van der Waals surface area contributed by atoms with Gasteiger partial charge in [-0.2, -0.15) is 0 Å². The van der Waals surface area contributed by atoms with Gasteiger partial charge in [-0.25, -0.2) is 13.1 Å². The van der Waals surface area contributed by atoms with Crippen molar-refractivity contribution in [2.24, 2.45) is 5.73 Å². The molecule has 0 saturated heterocycles. The molecule has 0 amide bonds. The van der Waals surface area contributed by atoms with Crippen LogP contribution in [0.15, 0.2) is 59.5 Å². The average molecular weight is 320 g/mol. The van der Waals surface area contributed by atoms with Gasteiger partial charge in [-0.3, -0.25) is 0 Å². The second-order valence-corrected chi connectivity index (χ2v) is 6.54. The fourth-order valence-corrected chi connectivity index (χ4v) is 3.04. The summed E-state index contributed by atoms with van der Waals surface area (Å²) in [6.45, 7) is 2.55. The molecule has 0 heterocycles. The van der Waals surface area contributed by atoms with Crippen LogP contribution >= 0.6 is 0 Å². The maximum absolute atomic E-state index is 12.2. The van der Waals surface area contributed by atoms with Crippen LogP contribution in [0.1, 0.15) is 18.5 Å².